The molecule has 0 fully saturated rings. The van der Waals surface area contributed by atoms with Gasteiger partial charge in [0.2, 0.25) is 16.6 Å². The first kappa shape index (κ1) is 38.8. The van der Waals surface area contributed by atoms with E-state index < -0.39 is 16.6 Å². The smallest absolute Gasteiger partial charge is 0.206 e. The predicted molar refractivity (Wildman–Crippen MR) is 200 cm³/mol. The van der Waals surface area contributed by atoms with Crippen LogP contribution in [0.25, 0.3) is 33.2 Å². The molecule has 1 radical (unpaired) electrons. The Kier molecular flexibility index (Phi) is 13.3. The van der Waals surface area contributed by atoms with E-state index in [1.54, 1.807) is 0 Å². The van der Waals surface area contributed by atoms with E-state index in [1.165, 1.54) is 43.9 Å². The Morgan fingerprint density at radius 2 is 1.43 bits per heavy atom. The summed E-state index contributed by atoms with van der Waals surface area (Å²) in [5.74, 6) is 0.547. The largest absolute Gasteiger partial charge is 0.512 e. The van der Waals surface area contributed by atoms with Gasteiger partial charge >= 0.3 is 0 Å². The summed E-state index contributed by atoms with van der Waals surface area (Å²) in [7, 11) is -3.60. The molecule has 0 saturated heterocycles. The summed E-state index contributed by atoms with van der Waals surface area (Å²) in [4.78, 5) is 16.4. The third-order valence-corrected chi connectivity index (χ3v) is 17.2. The SMILES string of the molecule is CCC(CC)C(=O)/C=C(\O)C(CC)CC.Cc1[c-]c(-c2nccc3cc(-c4ccc5c(c4)[Si](C)(C)O[Si]5(C)C)ccc23)cc(C)c1.[Ir]. The van der Waals surface area contributed by atoms with Gasteiger partial charge < -0.3 is 14.2 Å². The van der Waals surface area contributed by atoms with Crippen molar-refractivity contribution in [3.8, 4) is 22.4 Å². The predicted octanol–water partition coefficient (Wildman–Crippen LogP) is 9.71. The Hall–Kier alpha value is -2.68. The van der Waals surface area contributed by atoms with E-state index in [4.69, 9.17) is 9.10 Å². The minimum Gasteiger partial charge on any atom is -0.512 e. The topological polar surface area (TPSA) is 59.4 Å². The van der Waals surface area contributed by atoms with Crippen molar-refractivity contribution >= 4 is 43.6 Å². The van der Waals surface area contributed by atoms with Gasteiger partial charge in [0.15, 0.2) is 5.78 Å². The van der Waals surface area contributed by atoms with Gasteiger partial charge in [-0.05, 0) is 102 Å². The van der Waals surface area contributed by atoms with Crippen LogP contribution in [-0.4, -0.2) is 32.5 Å². The van der Waals surface area contributed by atoms with Crippen LogP contribution in [0.5, 0.6) is 0 Å². The van der Waals surface area contributed by atoms with Gasteiger partial charge in [-0.25, -0.2) is 0 Å². The molecule has 0 atom stereocenters. The van der Waals surface area contributed by atoms with E-state index in [-0.39, 0.29) is 43.5 Å². The standard InChI is InChI=1S/C27H28NOSi2.C13H24O2.Ir/c1-18-13-19(2)15-23(14-18)27-24-9-7-20(16-22(24)11-12-28-27)21-8-10-25-26(17-21)31(5,6)29-30(25,3)4;1-5-10(6-2)12(14)9-13(15)11(7-3)8-4;/h7-14,16-17H,1-6H3;9-11,14H,5-8H2,1-4H3;/q-1;;/b;12-9-;. The van der Waals surface area contributed by atoms with Crippen LogP contribution in [0.15, 0.2) is 72.6 Å². The Bertz CT molecular complexity index is 1720. The zero-order valence-electron chi connectivity index (χ0n) is 29.9. The average molecular weight is 843 g/mol. The van der Waals surface area contributed by atoms with Crippen LogP contribution in [0.3, 0.4) is 0 Å². The Balaban J connectivity index is 0.000000322. The van der Waals surface area contributed by atoms with E-state index in [0.29, 0.717) is 0 Å². The molecule has 0 amide bonds. The molecule has 5 rings (SSSR count). The fraction of sp³-hybridized carbons (Fsp3) is 0.400. The molecule has 1 aliphatic heterocycles. The number of hydrogen-bond donors (Lipinski definition) is 1. The molecule has 47 heavy (non-hydrogen) atoms. The Morgan fingerprint density at radius 1 is 0.830 bits per heavy atom. The van der Waals surface area contributed by atoms with Crippen LogP contribution in [0.1, 0.15) is 64.5 Å². The van der Waals surface area contributed by atoms with Crippen LogP contribution < -0.4 is 10.4 Å². The number of rotatable bonds is 9. The maximum absolute atomic E-state index is 11.7. The maximum atomic E-state index is 11.7. The van der Waals surface area contributed by atoms with Crippen LogP contribution in [0, 0.1) is 31.7 Å². The van der Waals surface area contributed by atoms with Crippen molar-refractivity contribution in [1.29, 1.82) is 0 Å². The van der Waals surface area contributed by atoms with Gasteiger partial charge in [0.05, 0.1) is 5.76 Å². The number of allylic oxidation sites excluding steroid dienone is 2. The number of fused-ring (bicyclic) bond motifs is 2. The van der Waals surface area contributed by atoms with Gasteiger partial charge in [-0.15, -0.1) is 34.9 Å². The van der Waals surface area contributed by atoms with Gasteiger partial charge in [-0.3, -0.25) is 4.79 Å². The minimum atomic E-state index is -1.83. The second-order valence-corrected chi connectivity index (χ2v) is 21.7. The number of benzene rings is 3. The molecule has 1 aromatic heterocycles. The number of ketones is 1. The summed E-state index contributed by atoms with van der Waals surface area (Å²) < 4.78 is 6.62. The number of pyridine rings is 1. The third kappa shape index (κ3) is 8.87. The monoisotopic (exact) mass is 843 g/mol. The number of carbonyl (C=O) groups is 1. The zero-order chi connectivity index (χ0) is 33.8. The molecule has 0 aliphatic carbocycles. The molecule has 0 unspecified atom stereocenters. The molecule has 0 bridgehead atoms. The first-order valence-corrected chi connectivity index (χ1v) is 22.8. The molecular formula is C40H52IrNO3Si2-. The van der Waals surface area contributed by atoms with Crippen molar-refractivity contribution in [2.75, 3.05) is 0 Å². The molecule has 7 heteroatoms. The Labute approximate surface area is 298 Å². The van der Waals surface area contributed by atoms with E-state index in [9.17, 15) is 9.90 Å². The molecule has 2 heterocycles. The van der Waals surface area contributed by atoms with Crippen LogP contribution in [0.2, 0.25) is 26.2 Å². The number of carbonyl (C=O) groups excluding carboxylic acids is 1. The fourth-order valence-electron chi connectivity index (χ4n) is 6.87. The van der Waals surface area contributed by atoms with Crippen molar-refractivity contribution in [2.45, 2.75) is 93.4 Å². The van der Waals surface area contributed by atoms with Crippen molar-refractivity contribution in [3.05, 3.63) is 89.8 Å². The molecule has 0 spiro atoms. The molecule has 4 nitrogen and oxygen atoms in total. The van der Waals surface area contributed by atoms with Crippen LogP contribution in [-0.2, 0) is 29.0 Å². The quantitative estimate of drug-likeness (QED) is 0.0790. The summed E-state index contributed by atoms with van der Waals surface area (Å²) >= 11 is 0. The number of aliphatic hydroxyl groups excluding tert-OH is 1. The van der Waals surface area contributed by atoms with Crippen molar-refractivity contribution in [1.82, 2.24) is 4.98 Å². The Morgan fingerprint density at radius 3 is 2.04 bits per heavy atom. The van der Waals surface area contributed by atoms with Crippen molar-refractivity contribution in [2.24, 2.45) is 11.8 Å². The van der Waals surface area contributed by atoms with Crippen molar-refractivity contribution in [3.63, 3.8) is 0 Å². The molecule has 253 valence electrons. The molecular weight excluding hydrogens is 791 g/mol. The van der Waals surface area contributed by atoms with Gasteiger partial charge in [-0.2, -0.15) is 0 Å². The zero-order valence-corrected chi connectivity index (χ0v) is 34.3. The van der Waals surface area contributed by atoms with Crippen molar-refractivity contribution < 1.29 is 34.1 Å². The van der Waals surface area contributed by atoms with E-state index in [2.05, 4.69) is 101 Å². The molecule has 1 N–H and O–H groups in total. The number of aryl methyl sites for hydroxylation is 2. The first-order valence-electron chi connectivity index (χ1n) is 16.9. The van der Waals surface area contributed by atoms with Gasteiger partial charge in [0.25, 0.3) is 0 Å². The second kappa shape index (κ2) is 16.1. The molecule has 1 aliphatic rings. The van der Waals surface area contributed by atoms with Crippen LogP contribution >= 0.6 is 0 Å². The summed E-state index contributed by atoms with van der Waals surface area (Å²) in [6.07, 6.45) is 6.82. The van der Waals surface area contributed by atoms with Gasteiger partial charge in [0.1, 0.15) is 0 Å². The third-order valence-electron chi connectivity index (χ3n) is 9.41. The van der Waals surface area contributed by atoms with E-state index in [0.717, 1.165) is 42.5 Å². The van der Waals surface area contributed by atoms with Gasteiger partial charge in [0, 0.05) is 44.2 Å². The van der Waals surface area contributed by atoms with E-state index >= 15 is 0 Å². The summed E-state index contributed by atoms with van der Waals surface area (Å²) in [6, 6.07) is 23.6. The van der Waals surface area contributed by atoms with Crippen LogP contribution in [0.4, 0.5) is 0 Å². The number of aliphatic hydroxyl groups is 1. The minimum absolute atomic E-state index is 0. The molecule has 0 saturated carbocycles. The summed E-state index contributed by atoms with van der Waals surface area (Å²) in [5, 5.41) is 15.1. The number of hydrogen-bond acceptors (Lipinski definition) is 4. The van der Waals surface area contributed by atoms with Gasteiger partial charge in [-0.1, -0.05) is 71.9 Å². The second-order valence-electron chi connectivity index (χ2n) is 13.7. The fourth-order valence-corrected chi connectivity index (χ4v) is 17.1. The summed E-state index contributed by atoms with van der Waals surface area (Å²) in [6.45, 7) is 21.6. The normalized spacial score (nSPS) is 14.9. The number of aromatic nitrogens is 1. The summed E-state index contributed by atoms with van der Waals surface area (Å²) in [5.41, 5.74) is 6.95. The van der Waals surface area contributed by atoms with E-state index in [1.807, 2.05) is 33.9 Å². The number of nitrogens with zero attached hydrogens (tertiary/aromatic N) is 1. The molecule has 4 aromatic rings. The average Bonchev–Trinajstić information content (AvgIpc) is 3.20. The maximum Gasteiger partial charge on any atom is 0.206 e. The first-order chi connectivity index (χ1) is 21.7. The molecule has 3 aromatic carbocycles.